The smallest absolute Gasteiger partial charge is 0.318 e. The largest absolute Gasteiger partial charge is 0.334 e. The Morgan fingerprint density at radius 3 is 2.71 bits per heavy atom. The van der Waals surface area contributed by atoms with Crippen molar-refractivity contribution in [3.05, 3.63) is 60.7 Å². The number of rotatable bonds is 5. The Morgan fingerprint density at radius 2 is 2.00 bits per heavy atom. The Morgan fingerprint density at radius 1 is 1.21 bits per heavy atom. The summed E-state index contributed by atoms with van der Waals surface area (Å²) in [5.41, 5.74) is 1.49. The predicted octanol–water partition coefficient (Wildman–Crippen LogP) is 3.21. The first kappa shape index (κ1) is 17.6. The van der Waals surface area contributed by atoms with Crippen LogP contribution in [0, 0.1) is 0 Å². The normalized spacial score (nSPS) is 11.1. The number of fused-ring (bicyclic) bond motifs is 1. The van der Waals surface area contributed by atoms with Crippen LogP contribution in [0.4, 0.5) is 0 Å². The van der Waals surface area contributed by atoms with Crippen molar-refractivity contribution in [3.8, 4) is 0 Å². The third-order valence-electron chi connectivity index (χ3n) is 3.41. The number of hydrogen-bond donors (Lipinski definition) is 0. The van der Waals surface area contributed by atoms with Crippen molar-refractivity contribution < 1.29 is 9.63 Å². The Bertz CT molecular complexity index is 847. The van der Waals surface area contributed by atoms with Crippen LogP contribution in [0.2, 0.25) is 0 Å². The Hall–Kier alpha value is -2.73. The van der Waals surface area contributed by atoms with Gasteiger partial charge in [0.25, 0.3) is 0 Å². The molecule has 0 bridgehead atoms. The van der Waals surface area contributed by atoms with Gasteiger partial charge in [-0.2, -0.15) is 5.10 Å². The van der Waals surface area contributed by atoms with Crippen molar-refractivity contribution in [1.82, 2.24) is 14.8 Å². The van der Waals surface area contributed by atoms with E-state index in [0.29, 0.717) is 12.3 Å². The molecular weight excluding hydrogens is 328 g/mol. The van der Waals surface area contributed by atoms with Crippen LogP contribution in [0.3, 0.4) is 0 Å². The van der Waals surface area contributed by atoms with Crippen molar-refractivity contribution in [3.63, 3.8) is 0 Å². The molecule has 0 fully saturated rings. The molecule has 0 aliphatic rings. The fourth-order valence-electron chi connectivity index (χ4n) is 2.18. The molecule has 0 atom stereocenters. The molecule has 0 N–H and O–H groups in total. The van der Waals surface area contributed by atoms with Crippen LogP contribution in [0.15, 0.2) is 60.3 Å². The number of hydrogen-bond acceptors (Lipinski definition) is 5. The highest BCUT2D eigenvalue weighted by Gasteiger charge is 2.09. The molecule has 0 saturated carbocycles. The van der Waals surface area contributed by atoms with E-state index < -0.39 is 0 Å². The van der Waals surface area contributed by atoms with Crippen molar-refractivity contribution in [2.45, 2.75) is 19.9 Å². The van der Waals surface area contributed by atoms with Crippen LogP contribution < -0.4 is 0 Å². The maximum atomic E-state index is 11.4. The van der Waals surface area contributed by atoms with E-state index in [9.17, 15) is 4.79 Å². The second-order valence-corrected chi connectivity index (χ2v) is 5.01. The van der Waals surface area contributed by atoms with Gasteiger partial charge in [0.2, 0.25) is 0 Å². The van der Waals surface area contributed by atoms with Crippen LogP contribution in [0.5, 0.6) is 0 Å². The molecule has 124 valence electrons. The zero-order chi connectivity index (χ0) is 16.1. The third kappa shape index (κ3) is 4.17. The van der Waals surface area contributed by atoms with Gasteiger partial charge in [0, 0.05) is 12.0 Å². The van der Waals surface area contributed by atoms with Gasteiger partial charge >= 0.3 is 5.97 Å². The average molecular weight is 345 g/mol. The van der Waals surface area contributed by atoms with Gasteiger partial charge in [-0.3, -0.25) is 0 Å². The van der Waals surface area contributed by atoms with Gasteiger partial charge in [0.05, 0.1) is 6.54 Å². The summed E-state index contributed by atoms with van der Waals surface area (Å²) in [7, 11) is 0. The minimum absolute atomic E-state index is 0. The molecule has 6 nitrogen and oxygen atoms in total. The minimum Gasteiger partial charge on any atom is -0.318 e. The predicted molar refractivity (Wildman–Crippen MR) is 94.1 cm³/mol. The third-order valence-corrected chi connectivity index (χ3v) is 3.41. The number of aromatic nitrogens is 3. The summed E-state index contributed by atoms with van der Waals surface area (Å²) < 4.78 is 1.63. The van der Waals surface area contributed by atoms with E-state index in [-0.39, 0.29) is 24.8 Å². The van der Waals surface area contributed by atoms with Gasteiger partial charge in [-0.05, 0) is 16.8 Å². The SMILES string of the molecule is CCC(=O)O/N=C(\Cn1cncn1)c1ccc2ccccc2c1.Cl. The number of halogens is 1. The van der Waals surface area contributed by atoms with Crippen molar-refractivity contribution in [1.29, 1.82) is 0 Å². The summed E-state index contributed by atoms with van der Waals surface area (Å²) in [5, 5.41) is 10.3. The molecule has 24 heavy (non-hydrogen) atoms. The molecule has 7 heteroatoms. The van der Waals surface area contributed by atoms with Gasteiger partial charge in [0.1, 0.15) is 18.4 Å². The molecule has 0 aliphatic carbocycles. The second kappa shape index (κ2) is 8.21. The molecule has 0 spiro atoms. The summed E-state index contributed by atoms with van der Waals surface area (Å²) in [6.45, 7) is 2.10. The van der Waals surface area contributed by atoms with E-state index in [4.69, 9.17) is 4.84 Å². The second-order valence-electron chi connectivity index (χ2n) is 5.01. The lowest BCUT2D eigenvalue weighted by Gasteiger charge is -2.08. The molecule has 1 aromatic heterocycles. The summed E-state index contributed by atoms with van der Waals surface area (Å²) in [6.07, 6.45) is 3.33. The fraction of sp³-hybridized carbons (Fsp3) is 0.176. The molecule has 0 aliphatic heterocycles. The molecule has 3 rings (SSSR count). The van der Waals surface area contributed by atoms with E-state index in [1.54, 1.807) is 17.9 Å². The standard InChI is InChI=1S/C17H16N4O2.ClH/c1-2-17(22)23-20-16(10-21-12-18-11-19-21)15-8-7-13-5-3-4-6-14(13)9-15;/h3-9,11-12H,2,10H2,1H3;1H/b20-16+;. The van der Waals surface area contributed by atoms with E-state index in [2.05, 4.69) is 15.2 Å². The van der Waals surface area contributed by atoms with E-state index >= 15 is 0 Å². The number of carbonyl (C=O) groups excluding carboxylic acids is 1. The number of carbonyl (C=O) groups is 1. The van der Waals surface area contributed by atoms with Crippen LogP contribution in [0.25, 0.3) is 10.8 Å². The van der Waals surface area contributed by atoms with Crippen LogP contribution in [-0.4, -0.2) is 26.4 Å². The molecule has 0 unspecified atom stereocenters. The Balaban J connectivity index is 0.00000208. The molecule has 1 heterocycles. The quantitative estimate of drug-likeness (QED) is 0.405. The number of oxime groups is 1. The first-order valence-corrected chi connectivity index (χ1v) is 7.34. The lowest BCUT2D eigenvalue weighted by Crippen LogP contribution is -2.14. The van der Waals surface area contributed by atoms with Crippen LogP contribution in [-0.2, 0) is 16.2 Å². The minimum atomic E-state index is -0.373. The van der Waals surface area contributed by atoms with E-state index in [1.165, 1.54) is 6.33 Å². The van der Waals surface area contributed by atoms with Gasteiger partial charge in [-0.25, -0.2) is 14.5 Å². The molecule has 0 amide bonds. The highest BCUT2D eigenvalue weighted by molar-refractivity contribution is 6.03. The summed E-state index contributed by atoms with van der Waals surface area (Å²) in [6, 6.07) is 14.0. The zero-order valence-corrected chi connectivity index (χ0v) is 13.9. The summed E-state index contributed by atoms with van der Waals surface area (Å²) in [4.78, 5) is 20.3. The maximum Gasteiger partial charge on any atom is 0.334 e. The van der Waals surface area contributed by atoms with Gasteiger partial charge in [0.15, 0.2) is 0 Å². The molecule has 0 saturated heterocycles. The maximum absolute atomic E-state index is 11.4. The van der Waals surface area contributed by atoms with Crippen LogP contribution in [0.1, 0.15) is 18.9 Å². The molecular formula is C17H17ClN4O2. The van der Waals surface area contributed by atoms with E-state index in [0.717, 1.165) is 16.3 Å². The number of benzene rings is 2. The lowest BCUT2D eigenvalue weighted by molar-refractivity contribution is -0.143. The van der Waals surface area contributed by atoms with Gasteiger partial charge in [-0.1, -0.05) is 48.5 Å². The average Bonchev–Trinajstić information content (AvgIpc) is 3.11. The molecule has 3 aromatic rings. The number of nitrogens with zero attached hydrogens (tertiary/aromatic N) is 4. The highest BCUT2D eigenvalue weighted by atomic mass is 35.5. The summed E-state index contributed by atoms with van der Waals surface area (Å²) in [5.74, 6) is -0.373. The first-order chi connectivity index (χ1) is 11.3. The van der Waals surface area contributed by atoms with Crippen molar-refractivity contribution >= 4 is 34.9 Å². The Labute approximate surface area is 145 Å². The fourth-order valence-corrected chi connectivity index (χ4v) is 2.18. The first-order valence-electron chi connectivity index (χ1n) is 7.34. The Kier molecular flexibility index (Phi) is 6.03. The van der Waals surface area contributed by atoms with Gasteiger partial charge < -0.3 is 4.84 Å². The van der Waals surface area contributed by atoms with Crippen molar-refractivity contribution in [2.75, 3.05) is 0 Å². The highest BCUT2D eigenvalue weighted by Crippen LogP contribution is 2.17. The molecule has 0 radical (unpaired) electrons. The lowest BCUT2D eigenvalue weighted by atomic mass is 10.0. The van der Waals surface area contributed by atoms with Gasteiger partial charge in [-0.15, -0.1) is 12.4 Å². The van der Waals surface area contributed by atoms with Crippen molar-refractivity contribution in [2.24, 2.45) is 5.16 Å². The van der Waals surface area contributed by atoms with Crippen LogP contribution >= 0.6 is 12.4 Å². The summed E-state index contributed by atoms with van der Waals surface area (Å²) >= 11 is 0. The van der Waals surface area contributed by atoms with E-state index in [1.807, 2.05) is 42.5 Å². The topological polar surface area (TPSA) is 69.4 Å². The monoisotopic (exact) mass is 344 g/mol. The zero-order valence-electron chi connectivity index (χ0n) is 13.1. The molecule has 2 aromatic carbocycles.